The maximum absolute atomic E-state index is 12.9. The lowest BCUT2D eigenvalue weighted by Crippen LogP contribution is -2.44. The molecule has 3 aromatic heterocycles. The number of thiophene rings is 1. The molecule has 1 N–H and O–H groups in total. The van der Waals surface area contributed by atoms with Crippen LogP contribution in [0.3, 0.4) is 0 Å². The number of carbonyl (C=O) groups is 1. The van der Waals surface area contributed by atoms with Gasteiger partial charge >= 0.3 is 0 Å². The SMILES string of the molecule is CCc1nn(CC(=O)N[C@@H]2CCCC[C@H]2C)c(=O)c2cc3sccc3n12. The van der Waals surface area contributed by atoms with Gasteiger partial charge in [-0.15, -0.1) is 11.3 Å². The minimum absolute atomic E-state index is 0.0234. The van der Waals surface area contributed by atoms with Crippen LogP contribution in [0.4, 0.5) is 0 Å². The molecule has 1 saturated carbocycles. The smallest absolute Gasteiger partial charge is 0.291 e. The van der Waals surface area contributed by atoms with Crippen molar-refractivity contribution in [1.29, 1.82) is 0 Å². The topological polar surface area (TPSA) is 68.4 Å². The van der Waals surface area contributed by atoms with Crippen LogP contribution in [0.5, 0.6) is 0 Å². The first-order chi connectivity index (χ1) is 12.6. The quantitative estimate of drug-likeness (QED) is 0.765. The number of nitrogens with one attached hydrogen (secondary N) is 1. The summed E-state index contributed by atoms with van der Waals surface area (Å²) >= 11 is 1.61. The first-order valence-electron chi connectivity index (χ1n) is 9.36. The normalized spacial score (nSPS) is 20.7. The summed E-state index contributed by atoms with van der Waals surface area (Å²) in [4.78, 5) is 25.4. The van der Waals surface area contributed by atoms with Gasteiger partial charge in [0.15, 0.2) is 0 Å². The summed E-state index contributed by atoms with van der Waals surface area (Å²) in [7, 11) is 0. The number of aromatic nitrogens is 3. The third kappa shape index (κ3) is 2.94. The summed E-state index contributed by atoms with van der Waals surface area (Å²) in [6.45, 7) is 4.17. The van der Waals surface area contributed by atoms with Crippen molar-refractivity contribution in [2.75, 3.05) is 0 Å². The van der Waals surface area contributed by atoms with E-state index in [-0.39, 0.29) is 24.1 Å². The number of rotatable bonds is 4. The second-order valence-corrected chi connectivity index (χ2v) is 8.15. The van der Waals surface area contributed by atoms with E-state index in [1.807, 2.05) is 28.8 Å². The van der Waals surface area contributed by atoms with Crippen molar-refractivity contribution in [3.05, 3.63) is 33.7 Å². The van der Waals surface area contributed by atoms with E-state index in [0.717, 1.165) is 35.3 Å². The van der Waals surface area contributed by atoms with E-state index in [0.29, 0.717) is 17.9 Å². The van der Waals surface area contributed by atoms with Gasteiger partial charge in [-0.1, -0.05) is 26.7 Å². The molecule has 7 heteroatoms. The lowest BCUT2D eigenvalue weighted by atomic mass is 9.86. The Labute approximate surface area is 155 Å². The molecule has 3 aromatic rings. The molecule has 4 rings (SSSR count). The van der Waals surface area contributed by atoms with E-state index in [9.17, 15) is 9.59 Å². The minimum Gasteiger partial charge on any atom is -0.351 e. The van der Waals surface area contributed by atoms with E-state index in [1.54, 1.807) is 11.3 Å². The molecule has 1 aliphatic carbocycles. The molecule has 1 aliphatic rings. The molecule has 0 unspecified atom stereocenters. The van der Waals surface area contributed by atoms with Crippen LogP contribution in [-0.2, 0) is 17.8 Å². The number of aryl methyl sites for hydroxylation is 1. The van der Waals surface area contributed by atoms with E-state index < -0.39 is 0 Å². The van der Waals surface area contributed by atoms with Crippen LogP contribution in [-0.4, -0.2) is 26.1 Å². The Morgan fingerprint density at radius 3 is 2.92 bits per heavy atom. The second kappa shape index (κ2) is 6.87. The van der Waals surface area contributed by atoms with Crippen molar-refractivity contribution >= 4 is 33.0 Å². The molecule has 0 aromatic carbocycles. The van der Waals surface area contributed by atoms with Crippen molar-refractivity contribution in [2.45, 2.75) is 58.5 Å². The lowest BCUT2D eigenvalue weighted by Gasteiger charge is -2.29. The molecule has 0 bridgehead atoms. The van der Waals surface area contributed by atoms with Gasteiger partial charge in [0.05, 0.1) is 10.2 Å². The summed E-state index contributed by atoms with van der Waals surface area (Å²) in [5.41, 5.74) is 1.40. The molecule has 3 heterocycles. The predicted molar refractivity (Wildman–Crippen MR) is 104 cm³/mol. The van der Waals surface area contributed by atoms with Crippen molar-refractivity contribution in [3.8, 4) is 0 Å². The molecular formula is C19H24N4O2S. The number of hydrogen-bond donors (Lipinski definition) is 1. The van der Waals surface area contributed by atoms with Gasteiger partial charge in [-0.25, -0.2) is 4.68 Å². The molecule has 0 aliphatic heterocycles. The highest BCUT2D eigenvalue weighted by atomic mass is 32.1. The molecule has 0 radical (unpaired) electrons. The van der Waals surface area contributed by atoms with Gasteiger partial charge in [0.1, 0.15) is 17.9 Å². The van der Waals surface area contributed by atoms with Gasteiger partial charge < -0.3 is 5.32 Å². The summed E-state index contributed by atoms with van der Waals surface area (Å²) in [6, 6.07) is 4.12. The van der Waals surface area contributed by atoms with Crippen molar-refractivity contribution in [3.63, 3.8) is 0 Å². The van der Waals surface area contributed by atoms with Crippen LogP contribution < -0.4 is 10.9 Å². The third-order valence-corrected chi connectivity index (χ3v) is 6.29. The minimum atomic E-state index is -0.211. The van der Waals surface area contributed by atoms with Crippen LogP contribution >= 0.6 is 11.3 Å². The fourth-order valence-corrected chi connectivity index (χ4v) is 4.78. The van der Waals surface area contributed by atoms with Gasteiger partial charge in [0.2, 0.25) is 5.91 Å². The summed E-state index contributed by atoms with van der Waals surface area (Å²) in [5, 5.41) is 9.61. The van der Waals surface area contributed by atoms with E-state index in [4.69, 9.17) is 0 Å². The average molecular weight is 372 g/mol. The molecule has 0 spiro atoms. The van der Waals surface area contributed by atoms with Gasteiger partial charge in [-0.2, -0.15) is 5.10 Å². The largest absolute Gasteiger partial charge is 0.351 e. The van der Waals surface area contributed by atoms with Gasteiger partial charge in [-0.05, 0) is 36.3 Å². The number of nitrogens with zero attached hydrogens (tertiary/aromatic N) is 3. The van der Waals surface area contributed by atoms with E-state index in [2.05, 4.69) is 17.3 Å². The number of fused-ring (bicyclic) bond motifs is 3. The van der Waals surface area contributed by atoms with Gasteiger partial charge in [0, 0.05) is 12.5 Å². The molecule has 2 atom stereocenters. The Morgan fingerprint density at radius 2 is 2.15 bits per heavy atom. The van der Waals surface area contributed by atoms with E-state index >= 15 is 0 Å². The van der Waals surface area contributed by atoms with Gasteiger partial charge in [0.25, 0.3) is 5.56 Å². The van der Waals surface area contributed by atoms with Crippen molar-refractivity contribution in [1.82, 2.24) is 19.5 Å². The Kier molecular flexibility index (Phi) is 4.56. The Morgan fingerprint density at radius 1 is 1.35 bits per heavy atom. The monoisotopic (exact) mass is 372 g/mol. The first kappa shape index (κ1) is 17.3. The zero-order valence-electron chi connectivity index (χ0n) is 15.2. The molecule has 1 fully saturated rings. The fraction of sp³-hybridized carbons (Fsp3) is 0.526. The second-order valence-electron chi connectivity index (χ2n) is 7.20. The standard InChI is InChI=1S/C19H24N4O2S/c1-3-17-21-22(11-18(24)20-13-7-5-4-6-12(13)2)19(25)15-10-16-14(23(15)17)8-9-26-16/h8-10,12-13H,3-7,11H2,1-2H3,(H,20,24)/t12-,13-/m1/s1. The average Bonchev–Trinajstić information content (AvgIpc) is 3.21. The molecule has 6 nitrogen and oxygen atoms in total. The number of amides is 1. The Balaban J connectivity index is 1.65. The van der Waals surface area contributed by atoms with Crippen molar-refractivity contribution < 1.29 is 4.79 Å². The predicted octanol–water partition coefficient (Wildman–Crippen LogP) is 2.97. The van der Waals surface area contributed by atoms with Crippen LogP contribution in [0, 0.1) is 5.92 Å². The summed E-state index contributed by atoms with van der Waals surface area (Å²) in [5.74, 6) is 1.16. The van der Waals surface area contributed by atoms with Crippen LogP contribution in [0.15, 0.2) is 22.3 Å². The third-order valence-electron chi connectivity index (χ3n) is 5.44. The molecule has 0 saturated heterocycles. The lowest BCUT2D eigenvalue weighted by molar-refractivity contribution is -0.123. The highest BCUT2D eigenvalue weighted by Gasteiger charge is 2.23. The summed E-state index contributed by atoms with van der Waals surface area (Å²) in [6.07, 6.45) is 5.24. The zero-order chi connectivity index (χ0) is 18.3. The van der Waals surface area contributed by atoms with Crippen LogP contribution in [0.25, 0.3) is 15.7 Å². The Hall–Kier alpha value is -2.15. The van der Waals surface area contributed by atoms with Crippen LogP contribution in [0.1, 0.15) is 45.4 Å². The molecule has 138 valence electrons. The number of hydrogen-bond acceptors (Lipinski definition) is 4. The molecular weight excluding hydrogens is 348 g/mol. The first-order valence-corrected chi connectivity index (χ1v) is 10.2. The Bertz CT molecular complexity index is 1020. The van der Waals surface area contributed by atoms with Gasteiger partial charge in [-0.3, -0.25) is 14.0 Å². The van der Waals surface area contributed by atoms with Crippen LogP contribution in [0.2, 0.25) is 0 Å². The van der Waals surface area contributed by atoms with Crippen molar-refractivity contribution in [2.24, 2.45) is 5.92 Å². The molecule has 1 amide bonds. The highest BCUT2D eigenvalue weighted by molar-refractivity contribution is 7.17. The van der Waals surface area contributed by atoms with E-state index in [1.165, 1.54) is 11.1 Å². The highest BCUT2D eigenvalue weighted by Crippen LogP contribution is 2.25. The maximum atomic E-state index is 12.9. The summed E-state index contributed by atoms with van der Waals surface area (Å²) < 4.78 is 4.31. The molecule has 26 heavy (non-hydrogen) atoms. The maximum Gasteiger partial charge on any atom is 0.291 e. The zero-order valence-corrected chi connectivity index (χ0v) is 16.0. The fourth-order valence-electron chi connectivity index (χ4n) is 3.98. The number of carbonyl (C=O) groups excluding carboxylic acids is 1.